The molecule has 0 atom stereocenters. The molecule has 15 heavy (non-hydrogen) atoms. The number of rotatable bonds is 3. The third-order valence-corrected chi connectivity index (χ3v) is 2.84. The second-order valence-corrected chi connectivity index (χ2v) is 4.08. The lowest BCUT2D eigenvalue weighted by molar-refractivity contribution is 0.626. The van der Waals surface area contributed by atoms with E-state index in [0.717, 1.165) is 12.1 Å². The van der Waals surface area contributed by atoms with Crippen molar-refractivity contribution >= 4 is 11.0 Å². The van der Waals surface area contributed by atoms with Gasteiger partial charge in [0.2, 0.25) is 0 Å². The Balaban J connectivity index is 2.19. The zero-order valence-corrected chi connectivity index (χ0v) is 8.77. The van der Waals surface area contributed by atoms with Gasteiger partial charge >= 0.3 is 0 Å². The highest BCUT2D eigenvalue weighted by atomic mass is 15.4. The fourth-order valence-electron chi connectivity index (χ4n) is 1.97. The Morgan fingerprint density at radius 3 is 3.07 bits per heavy atom. The van der Waals surface area contributed by atoms with Crippen LogP contribution in [0.4, 0.5) is 0 Å². The Hall–Kier alpha value is -1.42. The van der Waals surface area contributed by atoms with Gasteiger partial charge in [-0.2, -0.15) is 0 Å². The number of hydrogen-bond acceptors (Lipinski definition) is 3. The summed E-state index contributed by atoms with van der Waals surface area (Å²) < 4.78 is 2.09. The van der Waals surface area contributed by atoms with Crippen LogP contribution in [-0.4, -0.2) is 22.0 Å². The van der Waals surface area contributed by atoms with Crippen LogP contribution in [0.3, 0.4) is 0 Å². The number of aromatic nitrogens is 3. The number of nitrogens with one attached hydrogen (secondary N) is 1. The van der Waals surface area contributed by atoms with Crippen molar-refractivity contribution in [1.29, 1.82) is 0 Å². The Morgan fingerprint density at radius 1 is 1.47 bits per heavy atom. The van der Waals surface area contributed by atoms with Gasteiger partial charge in [0.1, 0.15) is 5.52 Å². The van der Waals surface area contributed by atoms with Crippen molar-refractivity contribution in [3.05, 3.63) is 23.8 Å². The first-order valence-electron chi connectivity index (χ1n) is 5.37. The van der Waals surface area contributed by atoms with E-state index in [0.29, 0.717) is 6.04 Å². The molecular formula is C11H14N4. The van der Waals surface area contributed by atoms with Gasteiger partial charge in [-0.3, -0.25) is 0 Å². The number of hydrogen-bond donors (Lipinski definition) is 1. The summed E-state index contributed by atoms with van der Waals surface area (Å²) in [5, 5.41) is 11.6. The van der Waals surface area contributed by atoms with Crippen molar-refractivity contribution in [3.8, 4) is 0 Å². The SMILES string of the molecule is CNCc1cccc2nnn(C3CC3)c12. The van der Waals surface area contributed by atoms with Crippen molar-refractivity contribution in [2.75, 3.05) is 7.05 Å². The lowest BCUT2D eigenvalue weighted by Gasteiger charge is -2.04. The molecule has 0 amide bonds. The maximum absolute atomic E-state index is 4.24. The molecule has 0 saturated heterocycles. The molecule has 0 unspecified atom stereocenters. The summed E-state index contributed by atoms with van der Waals surface area (Å²) in [4.78, 5) is 0. The largest absolute Gasteiger partial charge is 0.316 e. The number of nitrogens with zero attached hydrogens (tertiary/aromatic N) is 3. The molecule has 1 heterocycles. The molecule has 1 saturated carbocycles. The van der Waals surface area contributed by atoms with Crippen LogP contribution in [0.5, 0.6) is 0 Å². The molecular weight excluding hydrogens is 188 g/mol. The molecule has 4 heteroatoms. The van der Waals surface area contributed by atoms with Crippen LogP contribution in [0.1, 0.15) is 24.4 Å². The molecule has 1 aromatic carbocycles. The Morgan fingerprint density at radius 2 is 2.33 bits per heavy atom. The van der Waals surface area contributed by atoms with Crippen molar-refractivity contribution in [1.82, 2.24) is 20.3 Å². The van der Waals surface area contributed by atoms with Crippen LogP contribution in [0, 0.1) is 0 Å². The number of fused-ring (bicyclic) bond motifs is 1. The molecule has 1 aliphatic rings. The minimum atomic E-state index is 0.591. The van der Waals surface area contributed by atoms with Gasteiger partial charge in [0.05, 0.1) is 11.6 Å². The van der Waals surface area contributed by atoms with Crippen LogP contribution < -0.4 is 5.32 Å². The Kier molecular flexibility index (Phi) is 1.95. The summed E-state index contributed by atoms with van der Waals surface area (Å²) >= 11 is 0. The second-order valence-electron chi connectivity index (χ2n) is 4.08. The summed E-state index contributed by atoms with van der Waals surface area (Å²) in [6, 6.07) is 6.80. The molecule has 1 aliphatic carbocycles. The molecule has 4 nitrogen and oxygen atoms in total. The van der Waals surface area contributed by atoms with E-state index in [1.165, 1.54) is 23.9 Å². The van der Waals surface area contributed by atoms with Crippen LogP contribution in [-0.2, 0) is 6.54 Å². The van der Waals surface area contributed by atoms with E-state index in [9.17, 15) is 0 Å². The molecule has 78 valence electrons. The van der Waals surface area contributed by atoms with Gasteiger partial charge in [-0.1, -0.05) is 17.3 Å². The predicted molar refractivity (Wildman–Crippen MR) is 58.6 cm³/mol. The van der Waals surface area contributed by atoms with Gasteiger partial charge in [0.25, 0.3) is 0 Å². The van der Waals surface area contributed by atoms with Crippen molar-refractivity contribution in [2.45, 2.75) is 25.4 Å². The van der Waals surface area contributed by atoms with Crippen molar-refractivity contribution < 1.29 is 0 Å². The van der Waals surface area contributed by atoms with Crippen LogP contribution in [0.2, 0.25) is 0 Å². The molecule has 1 N–H and O–H groups in total. The molecule has 3 rings (SSSR count). The van der Waals surface area contributed by atoms with Gasteiger partial charge < -0.3 is 5.32 Å². The molecule has 0 aliphatic heterocycles. The molecule has 0 spiro atoms. The van der Waals surface area contributed by atoms with Gasteiger partial charge in [-0.15, -0.1) is 5.10 Å². The molecule has 0 radical (unpaired) electrons. The van der Waals surface area contributed by atoms with E-state index >= 15 is 0 Å². The maximum Gasteiger partial charge on any atom is 0.113 e. The normalized spacial score (nSPS) is 16.1. The summed E-state index contributed by atoms with van der Waals surface area (Å²) in [5.41, 5.74) is 3.50. The quantitative estimate of drug-likeness (QED) is 0.820. The summed E-state index contributed by atoms with van der Waals surface area (Å²) in [7, 11) is 1.96. The van der Waals surface area contributed by atoms with Crippen molar-refractivity contribution in [3.63, 3.8) is 0 Å². The lowest BCUT2D eigenvalue weighted by atomic mass is 10.2. The first kappa shape index (κ1) is 8.85. The fraction of sp³-hybridized carbons (Fsp3) is 0.455. The summed E-state index contributed by atoms with van der Waals surface area (Å²) in [5.74, 6) is 0. The highest BCUT2D eigenvalue weighted by Crippen LogP contribution is 2.36. The van der Waals surface area contributed by atoms with E-state index in [1.807, 2.05) is 19.2 Å². The standard InChI is InChI=1S/C11H14N4/c1-12-7-8-3-2-4-10-11(8)15(14-13-10)9-5-6-9/h2-4,9,12H,5-7H2,1H3. The van der Waals surface area contributed by atoms with Gasteiger partial charge in [0, 0.05) is 6.54 Å². The average molecular weight is 202 g/mol. The third kappa shape index (κ3) is 1.41. The maximum atomic E-state index is 4.24. The smallest absolute Gasteiger partial charge is 0.113 e. The van der Waals surface area contributed by atoms with E-state index in [2.05, 4.69) is 26.4 Å². The summed E-state index contributed by atoms with van der Waals surface area (Å²) in [6.45, 7) is 0.872. The van der Waals surface area contributed by atoms with Crippen LogP contribution >= 0.6 is 0 Å². The van der Waals surface area contributed by atoms with E-state index in [4.69, 9.17) is 0 Å². The zero-order chi connectivity index (χ0) is 10.3. The highest BCUT2D eigenvalue weighted by Gasteiger charge is 2.27. The third-order valence-electron chi connectivity index (χ3n) is 2.84. The second kappa shape index (κ2) is 3.31. The fourth-order valence-corrected chi connectivity index (χ4v) is 1.97. The van der Waals surface area contributed by atoms with E-state index < -0.39 is 0 Å². The number of benzene rings is 1. The monoisotopic (exact) mass is 202 g/mol. The minimum absolute atomic E-state index is 0.591. The topological polar surface area (TPSA) is 42.7 Å². The lowest BCUT2D eigenvalue weighted by Crippen LogP contribution is -2.07. The van der Waals surface area contributed by atoms with Crippen LogP contribution in [0.25, 0.3) is 11.0 Å². The molecule has 1 aromatic heterocycles. The number of para-hydroxylation sites is 1. The minimum Gasteiger partial charge on any atom is -0.316 e. The van der Waals surface area contributed by atoms with Crippen molar-refractivity contribution in [2.24, 2.45) is 0 Å². The van der Waals surface area contributed by atoms with Gasteiger partial charge in [-0.25, -0.2) is 4.68 Å². The molecule has 1 fully saturated rings. The summed E-state index contributed by atoms with van der Waals surface area (Å²) in [6.07, 6.45) is 2.48. The highest BCUT2D eigenvalue weighted by molar-refractivity contribution is 5.78. The first-order valence-corrected chi connectivity index (χ1v) is 5.37. The predicted octanol–water partition coefficient (Wildman–Crippen LogP) is 1.49. The first-order chi connectivity index (χ1) is 7.40. The van der Waals surface area contributed by atoms with Crippen LogP contribution in [0.15, 0.2) is 18.2 Å². The van der Waals surface area contributed by atoms with E-state index in [1.54, 1.807) is 0 Å². The molecule has 0 bridgehead atoms. The molecule has 2 aromatic rings. The van der Waals surface area contributed by atoms with Gasteiger partial charge in [0.15, 0.2) is 0 Å². The Labute approximate surface area is 88.3 Å². The zero-order valence-electron chi connectivity index (χ0n) is 8.77. The van der Waals surface area contributed by atoms with Gasteiger partial charge in [-0.05, 0) is 31.5 Å². The average Bonchev–Trinajstić information content (AvgIpc) is 3.00. The van der Waals surface area contributed by atoms with E-state index in [-0.39, 0.29) is 0 Å². The Bertz CT molecular complexity index is 484.